The number of hydrogen-bond donors (Lipinski definition) is 1. The number of carbonyl (C=O) groups excluding carboxylic acids is 2. The van der Waals surface area contributed by atoms with Crippen molar-refractivity contribution in [2.24, 2.45) is 5.92 Å². The molecule has 4 heteroatoms. The molecule has 1 aliphatic rings. The van der Waals surface area contributed by atoms with Crippen molar-refractivity contribution in [2.45, 2.75) is 26.2 Å². The Balaban J connectivity index is 1.66. The Kier molecular flexibility index (Phi) is 6.05. The molecular weight excluding hydrogens is 324 g/mol. The SMILES string of the molecule is CCCNC(=O)N1CCC[C@@H](C(=O)c2ccc(-c3ccccc3)cc2)C1. The fraction of sp³-hybridized carbons (Fsp3) is 0.364. The quantitative estimate of drug-likeness (QED) is 0.814. The van der Waals surface area contributed by atoms with Crippen LogP contribution in [0.2, 0.25) is 0 Å². The third-order valence-electron chi connectivity index (χ3n) is 4.88. The van der Waals surface area contributed by atoms with Crippen molar-refractivity contribution in [1.82, 2.24) is 10.2 Å². The van der Waals surface area contributed by atoms with Gasteiger partial charge in [0.15, 0.2) is 5.78 Å². The number of amides is 2. The number of piperidine rings is 1. The maximum atomic E-state index is 12.9. The van der Waals surface area contributed by atoms with Crippen molar-refractivity contribution in [3.05, 3.63) is 60.2 Å². The van der Waals surface area contributed by atoms with Crippen LogP contribution in [0.15, 0.2) is 54.6 Å². The van der Waals surface area contributed by atoms with Crippen molar-refractivity contribution in [3.8, 4) is 11.1 Å². The van der Waals surface area contributed by atoms with Gasteiger partial charge in [-0.15, -0.1) is 0 Å². The second-order valence-electron chi connectivity index (χ2n) is 6.82. The van der Waals surface area contributed by atoms with E-state index < -0.39 is 0 Å². The van der Waals surface area contributed by atoms with Crippen LogP contribution in [0.5, 0.6) is 0 Å². The van der Waals surface area contributed by atoms with Gasteiger partial charge in [0.05, 0.1) is 0 Å². The van der Waals surface area contributed by atoms with Crippen LogP contribution in [0.1, 0.15) is 36.5 Å². The number of hydrogen-bond acceptors (Lipinski definition) is 2. The summed E-state index contributed by atoms with van der Waals surface area (Å²) in [5.41, 5.74) is 2.97. The van der Waals surface area contributed by atoms with Crippen molar-refractivity contribution in [2.75, 3.05) is 19.6 Å². The van der Waals surface area contributed by atoms with E-state index in [0.717, 1.165) is 42.5 Å². The van der Waals surface area contributed by atoms with E-state index in [1.54, 1.807) is 4.90 Å². The molecular formula is C22H26N2O2. The molecule has 0 radical (unpaired) electrons. The molecule has 1 saturated heterocycles. The highest BCUT2D eigenvalue weighted by molar-refractivity contribution is 5.98. The molecule has 1 fully saturated rings. The van der Waals surface area contributed by atoms with Gasteiger partial charge in [0.25, 0.3) is 0 Å². The normalized spacial score (nSPS) is 17.0. The van der Waals surface area contributed by atoms with Gasteiger partial charge in [0.1, 0.15) is 0 Å². The van der Waals surface area contributed by atoms with E-state index >= 15 is 0 Å². The molecule has 0 spiro atoms. The number of rotatable bonds is 5. The first-order valence-corrected chi connectivity index (χ1v) is 9.41. The number of urea groups is 1. The largest absolute Gasteiger partial charge is 0.338 e. The topological polar surface area (TPSA) is 49.4 Å². The van der Waals surface area contributed by atoms with Crippen molar-refractivity contribution in [1.29, 1.82) is 0 Å². The Morgan fingerprint density at radius 1 is 1.04 bits per heavy atom. The third kappa shape index (κ3) is 4.31. The summed E-state index contributed by atoms with van der Waals surface area (Å²) >= 11 is 0. The number of ketones is 1. The minimum Gasteiger partial charge on any atom is -0.338 e. The van der Waals surface area contributed by atoms with E-state index in [-0.39, 0.29) is 17.7 Å². The first-order chi connectivity index (χ1) is 12.7. The van der Waals surface area contributed by atoms with E-state index in [1.165, 1.54) is 0 Å². The second-order valence-corrected chi connectivity index (χ2v) is 6.82. The molecule has 1 heterocycles. The first kappa shape index (κ1) is 18.2. The molecule has 136 valence electrons. The van der Waals surface area contributed by atoms with Crippen LogP contribution in [0.25, 0.3) is 11.1 Å². The van der Waals surface area contributed by atoms with Crippen LogP contribution in [-0.2, 0) is 0 Å². The summed E-state index contributed by atoms with van der Waals surface area (Å²) in [6.45, 7) is 3.94. The Bertz CT molecular complexity index is 740. The number of Topliss-reactive ketones (excluding diaryl/α,β-unsaturated/α-hetero) is 1. The lowest BCUT2D eigenvalue weighted by atomic mass is 9.89. The maximum Gasteiger partial charge on any atom is 0.317 e. The van der Waals surface area contributed by atoms with Crippen molar-refractivity contribution in [3.63, 3.8) is 0 Å². The number of nitrogens with one attached hydrogen (secondary N) is 1. The summed E-state index contributed by atoms with van der Waals surface area (Å²) in [6, 6.07) is 17.9. The van der Waals surface area contributed by atoms with Gasteiger partial charge >= 0.3 is 6.03 Å². The van der Waals surface area contributed by atoms with E-state index in [0.29, 0.717) is 13.1 Å². The van der Waals surface area contributed by atoms with Crippen LogP contribution < -0.4 is 5.32 Å². The lowest BCUT2D eigenvalue weighted by Gasteiger charge is -2.32. The van der Waals surface area contributed by atoms with Crippen LogP contribution in [0.4, 0.5) is 4.79 Å². The highest BCUT2D eigenvalue weighted by atomic mass is 16.2. The van der Waals surface area contributed by atoms with E-state index in [4.69, 9.17) is 0 Å². The van der Waals surface area contributed by atoms with Crippen molar-refractivity contribution >= 4 is 11.8 Å². The molecule has 1 aliphatic heterocycles. The minimum absolute atomic E-state index is 0.0521. The molecule has 4 nitrogen and oxygen atoms in total. The summed E-state index contributed by atoms with van der Waals surface area (Å²) in [5, 5.41) is 2.90. The third-order valence-corrected chi connectivity index (χ3v) is 4.88. The molecule has 1 N–H and O–H groups in total. The van der Waals surface area contributed by atoms with Gasteiger partial charge < -0.3 is 10.2 Å². The van der Waals surface area contributed by atoms with Crippen LogP contribution in [0, 0.1) is 5.92 Å². The predicted octanol–water partition coefficient (Wildman–Crippen LogP) is 4.37. The number of likely N-dealkylation sites (tertiary alicyclic amines) is 1. The molecule has 2 aromatic carbocycles. The summed E-state index contributed by atoms with van der Waals surface area (Å²) in [7, 11) is 0. The molecule has 0 aliphatic carbocycles. The average Bonchev–Trinajstić information content (AvgIpc) is 2.72. The summed E-state index contributed by atoms with van der Waals surface area (Å²) in [4.78, 5) is 26.8. The summed E-state index contributed by atoms with van der Waals surface area (Å²) in [5.74, 6) is 0.0244. The fourth-order valence-electron chi connectivity index (χ4n) is 3.41. The zero-order valence-corrected chi connectivity index (χ0v) is 15.3. The van der Waals surface area contributed by atoms with E-state index in [2.05, 4.69) is 17.4 Å². The van der Waals surface area contributed by atoms with Gasteiger partial charge in [-0.05, 0) is 30.4 Å². The molecule has 2 amide bonds. The van der Waals surface area contributed by atoms with E-state index in [9.17, 15) is 9.59 Å². The Morgan fingerprint density at radius 3 is 2.42 bits per heavy atom. The highest BCUT2D eigenvalue weighted by Crippen LogP contribution is 2.24. The number of benzene rings is 2. The van der Waals surface area contributed by atoms with Crippen LogP contribution in [0.3, 0.4) is 0 Å². The zero-order valence-electron chi connectivity index (χ0n) is 15.3. The van der Waals surface area contributed by atoms with Gasteiger partial charge in [-0.3, -0.25) is 4.79 Å². The van der Waals surface area contributed by atoms with Gasteiger partial charge in [-0.2, -0.15) is 0 Å². The molecule has 0 unspecified atom stereocenters. The maximum absolute atomic E-state index is 12.9. The Labute approximate surface area is 155 Å². The highest BCUT2D eigenvalue weighted by Gasteiger charge is 2.28. The van der Waals surface area contributed by atoms with Crippen LogP contribution in [-0.4, -0.2) is 36.3 Å². The predicted molar refractivity (Wildman–Crippen MR) is 104 cm³/mol. The summed E-state index contributed by atoms with van der Waals surface area (Å²) in [6.07, 6.45) is 2.63. The molecule has 0 bridgehead atoms. The standard InChI is InChI=1S/C22H26N2O2/c1-2-14-23-22(26)24-15-6-9-20(16-24)21(25)19-12-10-18(11-13-19)17-7-4-3-5-8-17/h3-5,7-8,10-13,20H,2,6,9,14-16H2,1H3,(H,23,26)/t20-/m1/s1. The second kappa shape index (κ2) is 8.65. The van der Waals surface area contributed by atoms with Gasteiger partial charge in [0, 0.05) is 31.1 Å². The molecule has 2 aromatic rings. The number of nitrogens with zero attached hydrogens (tertiary/aromatic N) is 1. The van der Waals surface area contributed by atoms with Crippen molar-refractivity contribution < 1.29 is 9.59 Å². The molecule has 26 heavy (non-hydrogen) atoms. The number of carbonyl (C=O) groups is 2. The Morgan fingerprint density at radius 2 is 1.73 bits per heavy atom. The average molecular weight is 350 g/mol. The zero-order chi connectivity index (χ0) is 18.4. The van der Waals surface area contributed by atoms with Gasteiger partial charge in [-0.1, -0.05) is 61.5 Å². The van der Waals surface area contributed by atoms with E-state index in [1.807, 2.05) is 49.4 Å². The molecule has 1 atom stereocenters. The molecule has 0 saturated carbocycles. The van der Waals surface area contributed by atoms with Crippen LogP contribution >= 0.6 is 0 Å². The minimum atomic E-state index is -0.112. The Hall–Kier alpha value is -2.62. The smallest absolute Gasteiger partial charge is 0.317 e. The lowest BCUT2D eigenvalue weighted by Crippen LogP contribution is -2.47. The lowest BCUT2D eigenvalue weighted by molar-refractivity contribution is 0.0846. The summed E-state index contributed by atoms with van der Waals surface area (Å²) < 4.78 is 0. The van der Waals surface area contributed by atoms with Gasteiger partial charge in [0.2, 0.25) is 0 Å². The monoisotopic (exact) mass is 350 g/mol. The molecule has 3 rings (SSSR count). The molecule has 0 aromatic heterocycles. The first-order valence-electron chi connectivity index (χ1n) is 9.41. The fourth-order valence-corrected chi connectivity index (χ4v) is 3.41. The van der Waals surface area contributed by atoms with Gasteiger partial charge in [-0.25, -0.2) is 4.79 Å².